The summed E-state index contributed by atoms with van der Waals surface area (Å²) in [6.45, 7) is 4.79. The molecule has 2 N–H and O–H groups in total. The smallest absolute Gasteiger partial charge is 0.466 e. The van der Waals surface area contributed by atoms with Crippen LogP contribution in [0.1, 0.15) is 24.0 Å². The molecule has 4 aromatic rings. The van der Waals surface area contributed by atoms with Gasteiger partial charge in [-0.15, -0.1) is 0 Å². The number of likely N-dealkylation sites (N-methyl/N-ethyl adjacent to an activating group) is 1. The van der Waals surface area contributed by atoms with Crippen LogP contribution in [0.3, 0.4) is 0 Å². The van der Waals surface area contributed by atoms with E-state index in [4.69, 9.17) is 4.74 Å². The van der Waals surface area contributed by atoms with Crippen LogP contribution in [0.5, 0.6) is 5.88 Å². The molecule has 22 heteroatoms. The van der Waals surface area contributed by atoms with Crippen LogP contribution in [0.4, 0.5) is 68.5 Å². The van der Waals surface area contributed by atoms with Gasteiger partial charge in [0.2, 0.25) is 11.8 Å². The zero-order valence-electron chi connectivity index (χ0n) is 30.3. The minimum atomic E-state index is -5.52. The molecular weight excluding hydrogens is 798 g/mol. The Morgan fingerprint density at radius 2 is 1.58 bits per heavy atom. The van der Waals surface area contributed by atoms with Crippen LogP contribution in [-0.2, 0) is 20.1 Å². The Morgan fingerprint density at radius 3 is 2.23 bits per heavy atom. The Kier molecular flexibility index (Phi) is 12.1. The fourth-order valence-electron chi connectivity index (χ4n) is 6.67. The molecular formula is C35H36F9N8O4P. The van der Waals surface area contributed by atoms with E-state index in [0.717, 1.165) is 45.1 Å². The van der Waals surface area contributed by atoms with Crippen molar-refractivity contribution in [2.75, 3.05) is 68.5 Å². The molecule has 1 atom stereocenters. The summed E-state index contributed by atoms with van der Waals surface area (Å²) in [5.74, 6) is -4.52. The van der Waals surface area contributed by atoms with Crippen LogP contribution >= 0.6 is 8.03 Å². The highest BCUT2D eigenvalue weighted by atomic mass is 31.1. The molecule has 0 radical (unpaired) electrons. The topological polar surface area (TPSA) is 125 Å². The summed E-state index contributed by atoms with van der Waals surface area (Å²) < 4.78 is 145. The summed E-state index contributed by atoms with van der Waals surface area (Å²) in [6, 6.07) is 9.96. The molecule has 2 fully saturated rings. The Labute approximate surface area is 320 Å². The number of piperidine rings is 1. The third-order valence-corrected chi connectivity index (χ3v) is 10.8. The molecule has 0 amide bonds. The van der Waals surface area contributed by atoms with Gasteiger partial charge in [-0.25, -0.2) is 9.78 Å². The number of hydrogen-bond donors (Lipinski definition) is 2. The largest absolute Gasteiger partial charge is 0.491 e. The quantitative estimate of drug-likeness (QED) is 0.124. The number of fused-ring (bicyclic) bond motifs is 1. The minimum absolute atomic E-state index is 0.000948. The summed E-state index contributed by atoms with van der Waals surface area (Å²) in [6.07, 6.45) is -13.5. The van der Waals surface area contributed by atoms with Gasteiger partial charge in [0.05, 0.1) is 11.0 Å². The standard InChI is InChI=1S/C35H36F9N8O4P/c1-20-17-26(30(55-19-33(36,37)38)49-29(20)52-11-9-22(10-12-52)51-15-13-50(2)14-16-51)47-32-45-18-24(34(39,40)41)28(48-32)46-25-8-7-21-5-3-4-6-23(21)27(25)57(54)56-31(53)35(42,43)44/h3-8,17-18,22,57H,9-16,19H2,1-2H3,(H2,45,46,47,48). The van der Waals surface area contributed by atoms with E-state index in [9.17, 15) is 48.9 Å². The molecule has 12 nitrogen and oxygen atoms in total. The number of nitrogens with one attached hydrogen (secondary N) is 2. The van der Waals surface area contributed by atoms with Crippen LogP contribution in [0.25, 0.3) is 10.8 Å². The average molecular weight is 835 g/mol. The maximum absolute atomic E-state index is 14.3. The zero-order chi connectivity index (χ0) is 41.3. The second-order valence-electron chi connectivity index (χ2n) is 13.5. The Balaban J connectivity index is 1.32. The van der Waals surface area contributed by atoms with E-state index in [1.807, 2.05) is 4.90 Å². The molecule has 0 spiro atoms. The number of rotatable bonds is 10. The molecule has 57 heavy (non-hydrogen) atoms. The van der Waals surface area contributed by atoms with E-state index in [2.05, 4.69) is 47.0 Å². The van der Waals surface area contributed by atoms with Crippen molar-refractivity contribution in [3.8, 4) is 5.88 Å². The summed E-state index contributed by atoms with van der Waals surface area (Å²) in [4.78, 5) is 30.2. The normalized spacial score (nSPS) is 17.1. The molecule has 2 aromatic carbocycles. The number of aryl methyl sites for hydroxylation is 1. The molecule has 308 valence electrons. The molecule has 0 aliphatic carbocycles. The van der Waals surface area contributed by atoms with Crippen molar-refractivity contribution in [2.24, 2.45) is 0 Å². The maximum Gasteiger partial charge on any atom is 0.491 e. The van der Waals surface area contributed by atoms with Gasteiger partial charge in [-0.3, -0.25) is 9.46 Å². The number of halogens is 9. The van der Waals surface area contributed by atoms with Crippen LogP contribution in [-0.4, -0.2) is 102 Å². The van der Waals surface area contributed by atoms with Crippen molar-refractivity contribution in [3.63, 3.8) is 0 Å². The second-order valence-corrected chi connectivity index (χ2v) is 14.8. The fourth-order valence-corrected chi connectivity index (χ4v) is 7.87. The number of piperazine rings is 1. The molecule has 2 aromatic heterocycles. The lowest BCUT2D eigenvalue weighted by molar-refractivity contribution is -0.189. The highest BCUT2D eigenvalue weighted by Gasteiger charge is 2.43. The average Bonchev–Trinajstić information content (AvgIpc) is 3.13. The first-order valence-electron chi connectivity index (χ1n) is 17.5. The second kappa shape index (κ2) is 16.5. The fraction of sp³-hybridized carbons (Fsp3) is 0.429. The van der Waals surface area contributed by atoms with Crippen molar-refractivity contribution in [2.45, 2.75) is 44.3 Å². The monoisotopic (exact) mass is 834 g/mol. The number of hydrogen-bond acceptors (Lipinski definition) is 12. The van der Waals surface area contributed by atoms with Crippen LogP contribution in [0.2, 0.25) is 0 Å². The highest BCUT2D eigenvalue weighted by Crippen LogP contribution is 2.40. The highest BCUT2D eigenvalue weighted by molar-refractivity contribution is 7.50. The molecule has 0 bridgehead atoms. The minimum Gasteiger partial charge on any atom is -0.466 e. The predicted octanol–water partition coefficient (Wildman–Crippen LogP) is 7.20. The summed E-state index contributed by atoms with van der Waals surface area (Å²) in [5, 5.41) is 4.69. The van der Waals surface area contributed by atoms with Crippen molar-refractivity contribution < 1.29 is 58.1 Å². The molecule has 2 aliphatic heterocycles. The lowest BCUT2D eigenvalue weighted by atomic mass is 10.0. The summed E-state index contributed by atoms with van der Waals surface area (Å²) in [7, 11) is -2.07. The van der Waals surface area contributed by atoms with Gasteiger partial charge in [0, 0.05) is 51.5 Å². The van der Waals surface area contributed by atoms with E-state index in [-0.39, 0.29) is 11.1 Å². The molecule has 0 saturated carbocycles. The van der Waals surface area contributed by atoms with Gasteiger partial charge < -0.3 is 29.7 Å². The van der Waals surface area contributed by atoms with Gasteiger partial charge in [-0.05, 0) is 55.3 Å². The van der Waals surface area contributed by atoms with Crippen LogP contribution < -0.4 is 25.6 Å². The van der Waals surface area contributed by atoms with Gasteiger partial charge in [0.1, 0.15) is 22.9 Å². The number of anilines is 5. The van der Waals surface area contributed by atoms with Gasteiger partial charge in [0.15, 0.2) is 6.61 Å². The van der Waals surface area contributed by atoms with Gasteiger partial charge in [0.25, 0.3) is 8.03 Å². The third-order valence-electron chi connectivity index (χ3n) is 9.49. The SMILES string of the molecule is Cc1cc(Nc2ncc(C(F)(F)F)c(Nc3ccc4ccccc4c3[PH](=O)OC(=O)C(F)(F)F)n2)c(OCC(F)(F)F)nc1N1CCC(N2CCN(C)CC2)CC1. The number of nitrogens with zero attached hydrogens (tertiary/aromatic N) is 6. The molecule has 6 rings (SSSR count). The third kappa shape index (κ3) is 10.2. The van der Waals surface area contributed by atoms with Crippen LogP contribution in [0.15, 0.2) is 48.7 Å². The van der Waals surface area contributed by atoms with Crippen molar-refractivity contribution in [1.29, 1.82) is 0 Å². The van der Waals surface area contributed by atoms with E-state index in [0.29, 0.717) is 42.1 Å². The number of ether oxygens (including phenoxy) is 1. The molecule has 2 saturated heterocycles. The first-order valence-corrected chi connectivity index (χ1v) is 18.8. The predicted molar refractivity (Wildman–Crippen MR) is 193 cm³/mol. The van der Waals surface area contributed by atoms with Gasteiger partial charge >= 0.3 is 24.5 Å². The zero-order valence-corrected chi connectivity index (χ0v) is 31.3. The Bertz CT molecular complexity index is 2120. The van der Waals surface area contributed by atoms with Gasteiger partial charge in [-0.1, -0.05) is 30.3 Å². The van der Waals surface area contributed by atoms with E-state index >= 15 is 0 Å². The first-order chi connectivity index (χ1) is 26.8. The van der Waals surface area contributed by atoms with Crippen molar-refractivity contribution in [1.82, 2.24) is 24.8 Å². The number of pyridine rings is 1. The summed E-state index contributed by atoms with van der Waals surface area (Å²) in [5.41, 5.74) is -1.64. The molecule has 1 unspecified atom stereocenters. The van der Waals surface area contributed by atoms with Crippen molar-refractivity contribution >= 4 is 59.0 Å². The maximum atomic E-state index is 14.3. The summed E-state index contributed by atoms with van der Waals surface area (Å²) >= 11 is 0. The number of carbonyl (C=O) groups excluding carboxylic acids is 1. The molecule has 2 aliphatic rings. The van der Waals surface area contributed by atoms with Gasteiger partial charge in [-0.2, -0.15) is 49.5 Å². The van der Waals surface area contributed by atoms with E-state index < -0.39 is 73.3 Å². The number of benzene rings is 2. The Hall–Kier alpha value is -4.88. The van der Waals surface area contributed by atoms with E-state index in [1.54, 1.807) is 6.92 Å². The van der Waals surface area contributed by atoms with E-state index in [1.165, 1.54) is 36.4 Å². The Morgan fingerprint density at radius 1 is 0.895 bits per heavy atom. The molecule has 4 heterocycles. The number of aromatic nitrogens is 3. The van der Waals surface area contributed by atoms with Crippen LogP contribution in [0, 0.1) is 6.92 Å². The first kappa shape index (κ1) is 41.7. The number of carbonyl (C=O) groups is 1. The lowest BCUT2D eigenvalue weighted by Crippen LogP contribution is -2.52. The van der Waals surface area contributed by atoms with Crippen molar-refractivity contribution in [3.05, 3.63) is 59.8 Å². The lowest BCUT2D eigenvalue weighted by Gasteiger charge is -2.42. The number of alkyl halides is 9.